The molecule has 0 aliphatic carbocycles. The van der Waals surface area contributed by atoms with Gasteiger partial charge in [0.2, 0.25) is 10.0 Å². The van der Waals surface area contributed by atoms with Crippen molar-refractivity contribution in [1.82, 2.24) is 28.8 Å². The van der Waals surface area contributed by atoms with E-state index in [1.807, 2.05) is 0 Å². The molecule has 1 fully saturated rings. The van der Waals surface area contributed by atoms with Crippen molar-refractivity contribution >= 4 is 27.5 Å². The Morgan fingerprint density at radius 2 is 1.87 bits per heavy atom. The first-order chi connectivity index (χ1) is 14.9. The Morgan fingerprint density at radius 3 is 2.55 bits per heavy atom. The summed E-state index contributed by atoms with van der Waals surface area (Å²) in [6.07, 6.45) is 4.31. The first kappa shape index (κ1) is 21.3. The first-order valence-corrected chi connectivity index (χ1v) is 11.4. The first-order valence-electron chi connectivity index (χ1n) is 9.53. The maximum Gasteiger partial charge on any atom is 0.272 e. The molecule has 1 aromatic carbocycles. The van der Waals surface area contributed by atoms with Crippen LogP contribution in [0.5, 0.6) is 5.75 Å². The summed E-state index contributed by atoms with van der Waals surface area (Å²) >= 11 is 6.10. The number of aromatic nitrogens is 4. The normalized spacial score (nSPS) is 15.2. The zero-order valence-corrected chi connectivity index (χ0v) is 18.3. The number of aryl methyl sites for hydroxylation is 1. The second-order valence-electron chi connectivity index (χ2n) is 6.97. The van der Waals surface area contributed by atoms with Crippen LogP contribution in [0.3, 0.4) is 0 Å². The number of hydrogen-bond donors (Lipinski definition) is 0. The molecule has 31 heavy (non-hydrogen) atoms. The number of carbonyl (C=O) groups is 1. The maximum absolute atomic E-state index is 13.0. The molecule has 1 saturated heterocycles. The monoisotopic (exact) mass is 464 g/mol. The van der Waals surface area contributed by atoms with Crippen LogP contribution in [-0.2, 0) is 23.8 Å². The van der Waals surface area contributed by atoms with Gasteiger partial charge in [0.25, 0.3) is 5.91 Å². The molecule has 0 radical (unpaired) electrons. The van der Waals surface area contributed by atoms with Gasteiger partial charge >= 0.3 is 0 Å². The van der Waals surface area contributed by atoms with E-state index in [1.54, 1.807) is 42.3 Å². The van der Waals surface area contributed by atoms with E-state index in [0.29, 0.717) is 16.5 Å². The minimum absolute atomic E-state index is 0.0210. The van der Waals surface area contributed by atoms with Gasteiger partial charge in [0.1, 0.15) is 16.3 Å². The van der Waals surface area contributed by atoms with Gasteiger partial charge in [0.05, 0.1) is 11.2 Å². The fourth-order valence-corrected chi connectivity index (χ4v) is 4.88. The lowest BCUT2D eigenvalue weighted by Gasteiger charge is -2.33. The summed E-state index contributed by atoms with van der Waals surface area (Å²) in [5, 5.41) is 8.55. The van der Waals surface area contributed by atoms with Crippen molar-refractivity contribution in [3.8, 4) is 5.75 Å². The predicted molar refractivity (Wildman–Crippen MR) is 112 cm³/mol. The minimum Gasteiger partial charge on any atom is -0.470 e. The van der Waals surface area contributed by atoms with Crippen molar-refractivity contribution in [2.75, 3.05) is 26.2 Å². The molecule has 0 unspecified atom stereocenters. The summed E-state index contributed by atoms with van der Waals surface area (Å²) in [5.74, 6) is 0.256. The molecule has 0 saturated carbocycles. The number of rotatable bonds is 6. The molecule has 164 valence electrons. The third-order valence-electron chi connectivity index (χ3n) is 4.96. The summed E-state index contributed by atoms with van der Waals surface area (Å²) in [4.78, 5) is 14.7. The van der Waals surface area contributed by atoms with E-state index >= 15 is 0 Å². The number of para-hydroxylation sites is 1. The molecule has 0 bridgehead atoms. The summed E-state index contributed by atoms with van der Waals surface area (Å²) in [6.45, 7) is 0.970. The maximum atomic E-state index is 13.0. The molecule has 4 rings (SSSR count). The summed E-state index contributed by atoms with van der Waals surface area (Å²) in [7, 11) is -1.97. The van der Waals surface area contributed by atoms with Gasteiger partial charge < -0.3 is 9.64 Å². The number of hydrogen-bond acceptors (Lipinski definition) is 6. The van der Waals surface area contributed by atoms with E-state index in [4.69, 9.17) is 16.3 Å². The average Bonchev–Trinajstić information content (AvgIpc) is 3.42. The van der Waals surface area contributed by atoms with Gasteiger partial charge in [-0.2, -0.15) is 14.5 Å². The Hall–Kier alpha value is -2.89. The Kier molecular flexibility index (Phi) is 5.99. The Labute approximate surface area is 184 Å². The van der Waals surface area contributed by atoms with Crippen molar-refractivity contribution in [3.63, 3.8) is 0 Å². The molecular formula is C19H21ClN6O4S. The fraction of sp³-hybridized carbons (Fsp3) is 0.316. The molecule has 1 amide bonds. The number of piperazine rings is 1. The van der Waals surface area contributed by atoms with Gasteiger partial charge in [0, 0.05) is 45.6 Å². The topological polar surface area (TPSA) is 103 Å². The second-order valence-corrected chi connectivity index (χ2v) is 9.31. The van der Waals surface area contributed by atoms with Gasteiger partial charge in [-0.05, 0) is 18.2 Å². The Bertz CT molecular complexity index is 1180. The highest BCUT2D eigenvalue weighted by atomic mass is 35.5. The van der Waals surface area contributed by atoms with Crippen molar-refractivity contribution in [2.24, 2.45) is 7.05 Å². The predicted octanol–water partition coefficient (Wildman–Crippen LogP) is 1.45. The standard InChI is InChI=1S/C19H21ClN6O4S/c1-23-13-15(12-22-23)31(28,29)25-10-8-24(9-11-25)19(27)17-6-7-21-26(17)14-30-18-5-3-2-4-16(18)20/h2-7,12-13H,8-11,14H2,1H3. The van der Waals surface area contributed by atoms with Gasteiger partial charge in [-0.25, -0.2) is 13.1 Å². The highest BCUT2D eigenvalue weighted by molar-refractivity contribution is 7.89. The van der Waals surface area contributed by atoms with Gasteiger partial charge in [-0.15, -0.1) is 0 Å². The summed E-state index contributed by atoms with van der Waals surface area (Å²) in [6, 6.07) is 8.65. The van der Waals surface area contributed by atoms with Gasteiger partial charge in [-0.3, -0.25) is 9.48 Å². The molecule has 0 atom stereocenters. The highest BCUT2D eigenvalue weighted by Gasteiger charge is 2.32. The van der Waals surface area contributed by atoms with Crippen molar-refractivity contribution < 1.29 is 17.9 Å². The molecule has 2 aromatic heterocycles. The second kappa shape index (κ2) is 8.69. The van der Waals surface area contributed by atoms with Crippen molar-refractivity contribution in [2.45, 2.75) is 11.6 Å². The van der Waals surface area contributed by atoms with Crippen LogP contribution in [0.2, 0.25) is 5.02 Å². The SMILES string of the molecule is Cn1cc(S(=O)(=O)N2CCN(C(=O)c3ccnn3COc3ccccc3Cl)CC2)cn1. The minimum atomic E-state index is -3.63. The molecule has 3 heterocycles. The summed E-state index contributed by atoms with van der Waals surface area (Å²) < 4.78 is 35.4. The number of halogens is 1. The quantitative estimate of drug-likeness (QED) is 0.547. The molecular weight excluding hydrogens is 444 g/mol. The molecule has 12 heteroatoms. The third kappa shape index (κ3) is 4.43. The fourth-order valence-electron chi connectivity index (χ4n) is 3.28. The smallest absolute Gasteiger partial charge is 0.272 e. The highest BCUT2D eigenvalue weighted by Crippen LogP contribution is 2.23. The third-order valence-corrected chi connectivity index (χ3v) is 7.12. The largest absolute Gasteiger partial charge is 0.470 e. The van der Waals surface area contributed by atoms with Gasteiger partial charge in [-0.1, -0.05) is 23.7 Å². The molecule has 0 N–H and O–H groups in total. The van der Waals surface area contributed by atoms with Crippen molar-refractivity contribution in [1.29, 1.82) is 0 Å². The molecule has 1 aliphatic heterocycles. The zero-order valence-electron chi connectivity index (χ0n) is 16.8. The van der Waals surface area contributed by atoms with E-state index in [-0.39, 0.29) is 43.7 Å². The number of ether oxygens (including phenoxy) is 1. The van der Waals surface area contributed by atoms with E-state index < -0.39 is 10.0 Å². The van der Waals surface area contributed by atoms with E-state index in [1.165, 1.54) is 32.3 Å². The van der Waals surface area contributed by atoms with Crippen LogP contribution in [0.25, 0.3) is 0 Å². The molecule has 10 nitrogen and oxygen atoms in total. The number of carbonyl (C=O) groups excluding carboxylic acids is 1. The molecule has 1 aliphatic rings. The van der Waals surface area contributed by atoms with Crippen LogP contribution in [0.15, 0.2) is 53.8 Å². The van der Waals surface area contributed by atoms with Crippen LogP contribution in [0.1, 0.15) is 10.5 Å². The van der Waals surface area contributed by atoms with Crippen LogP contribution in [0, 0.1) is 0 Å². The number of sulfonamides is 1. The zero-order chi connectivity index (χ0) is 22.0. The van der Waals surface area contributed by atoms with Crippen molar-refractivity contribution in [3.05, 3.63) is 59.6 Å². The number of nitrogens with zero attached hydrogens (tertiary/aromatic N) is 6. The van der Waals surface area contributed by atoms with E-state index in [2.05, 4.69) is 10.2 Å². The van der Waals surface area contributed by atoms with Crippen LogP contribution in [-0.4, -0.2) is 69.3 Å². The van der Waals surface area contributed by atoms with Crippen LogP contribution < -0.4 is 4.74 Å². The van der Waals surface area contributed by atoms with E-state index in [9.17, 15) is 13.2 Å². The Balaban J connectivity index is 1.39. The van der Waals surface area contributed by atoms with E-state index in [0.717, 1.165) is 0 Å². The Morgan fingerprint density at radius 1 is 1.13 bits per heavy atom. The van der Waals surface area contributed by atoms with Gasteiger partial charge in [0.15, 0.2) is 6.73 Å². The number of amides is 1. The lowest BCUT2D eigenvalue weighted by atomic mass is 10.3. The summed E-state index contributed by atoms with van der Waals surface area (Å²) in [5.41, 5.74) is 0.357. The lowest BCUT2D eigenvalue weighted by molar-refractivity contribution is 0.0675. The average molecular weight is 465 g/mol. The lowest BCUT2D eigenvalue weighted by Crippen LogP contribution is -2.50. The molecule has 0 spiro atoms. The number of benzene rings is 1. The van der Waals surface area contributed by atoms with Crippen LogP contribution >= 0.6 is 11.6 Å². The van der Waals surface area contributed by atoms with Crippen LogP contribution in [0.4, 0.5) is 0 Å². The molecule has 3 aromatic rings.